The highest BCUT2D eigenvalue weighted by Crippen LogP contribution is 2.41. The molecule has 5 rings (SSSR count). The summed E-state index contributed by atoms with van der Waals surface area (Å²) in [7, 11) is 1.87. The van der Waals surface area contributed by atoms with Gasteiger partial charge in [0, 0.05) is 7.05 Å². The SMILES string of the molecule is Cc1ccccc1C(Sc1nnnn1-c1c(C)n(C)n(-c2ccccc2)c1=O)c1ccccc1. The number of rotatable bonds is 6. The predicted molar refractivity (Wildman–Crippen MR) is 134 cm³/mol. The molecule has 2 heterocycles. The summed E-state index contributed by atoms with van der Waals surface area (Å²) in [6, 6.07) is 28.2. The monoisotopic (exact) mass is 468 g/mol. The molecule has 170 valence electrons. The molecule has 1 atom stereocenters. The first kappa shape index (κ1) is 21.9. The molecule has 0 aliphatic carbocycles. The molecule has 0 amide bonds. The van der Waals surface area contributed by atoms with Crippen molar-refractivity contribution in [1.29, 1.82) is 0 Å². The van der Waals surface area contributed by atoms with Crippen LogP contribution in [0.1, 0.15) is 27.6 Å². The minimum atomic E-state index is -0.174. The molecular weight excluding hydrogens is 444 g/mol. The Kier molecular flexibility index (Phi) is 5.90. The van der Waals surface area contributed by atoms with Crippen LogP contribution in [-0.2, 0) is 7.05 Å². The van der Waals surface area contributed by atoms with Crippen molar-refractivity contribution in [3.63, 3.8) is 0 Å². The number of tetrazole rings is 1. The Hall–Kier alpha value is -3.91. The Morgan fingerprint density at radius 1 is 0.853 bits per heavy atom. The van der Waals surface area contributed by atoms with Gasteiger partial charge in [0.05, 0.1) is 16.6 Å². The Morgan fingerprint density at radius 2 is 1.50 bits per heavy atom. The topological polar surface area (TPSA) is 70.5 Å². The van der Waals surface area contributed by atoms with Crippen LogP contribution < -0.4 is 5.56 Å². The summed E-state index contributed by atoms with van der Waals surface area (Å²) in [6.45, 7) is 4.01. The number of thioether (sulfide) groups is 1. The van der Waals surface area contributed by atoms with Crippen LogP contribution in [0.3, 0.4) is 0 Å². The van der Waals surface area contributed by atoms with Gasteiger partial charge in [-0.05, 0) is 53.1 Å². The van der Waals surface area contributed by atoms with Gasteiger partial charge in [-0.3, -0.25) is 9.48 Å². The molecule has 0 fully saturated rings. The lowest BCUT2D eigenvalue weighted by atomic mass is 10.0. The molecule has 0 N–H and O–H groups in total. The second-order valence-corrected chi connectivity index (χ2v) is 9.12. The van der Waals surface area contributed by atoms with Crippen molar-refractivity contribution in [3.05, 3.63) is 118 Å². The number of nitrogens with zero attached hydrogens (tertiary/aromatic N) is 6. The highest BCUT2D eigenvalue weighted by Gasteiger charge is 2.25. The maximum absolute atomic E-state index is 13.6. The zero-order chi connectivity index (χ0) is 23.7. The number of aromatic nitrogens is 6. The van der Waals surface area contributed by atoms with E-state index in [2.05, 4.69) is 46.7 Å². The van der Waals surface area contributed by atoms with Gasteiger partial charge >= 0.3 is 0 Å². The van der Waals surface area contributed by atoms with E-state index in [9.17, 15) is 4.79 Å². The summed E-state index contributed by atoms with van der Waals surface area (Å²) in [5.41, 5.74) is 5.33. The minimum Gasteiger partial charge on any atom is -0.283 e. The van der Waals surface area contributed by atoms with E-state index in [0.717, 1.165) is 16.9 Å². The summed E-state index contributed by atoms with van der Waals surface area (Å²) in [6.07, 6.45) is 0. The molecule has 3 aromatic carbocycles. The predicted octanol–water partition coefficient (Wildman–Crippen LogP) is 4.65. The van der Waals surface area contributed by atoms with E-state index < -0.39 is 0 Å². The van der Waals surface area contributed by atoms with Crippen molar-refractivity contribution in [2.24, 2.45) is 7.05 Å². The van der Waals surface area contributed by atoms with Gasteiger partial charge < -0.3 is 0 Å². The second kappa shape index (κ2) is 9.15. The first-order valence-electron chi connectivity index (χ1n) is 11.0. The van der Waals surface area contributed by atoms with Crippen molar-refractivity contribution in [3.8, 4) is 11.4 Å². The van der Waals surface area contributed by atoms with E-state index in [-0.39, 0.29) is 10.8 Å². The lowest BCUT2D eigenvalue weighted by molar-refractivity contribution is 0.630. The summed E-state index contributed by atoms with van der Waals surface area (Å²) in [5.74, 6) is 0. The van der Waals surface area contributed by atoms with Gasteiger partial charge in [-0.1, -0.05) is 84.6 Å². The normalized spacial score (nSPS) is 12.1. The van der Waals surface area contributed by atoms with Crippen molar-refractivity contribution < 1.29 is 0 Å². The standard InChI is InChI=1S/C26H24N6OS/c1-18-12-10-11-17-22(18)24(20-13-6-4-7-14-20)34-26-27-28-29-31(26)23-19(2)30(3)32(25(23)33)21-15-8-5-9-16-21/h4-17,24H,1-3H3. The molecule has 0 bridgehead atoms. The number of para-hydroxylation sites is 1. The van der Waals surface area contributed by atoms with E-state index >= 15 is 0 Å². The van der Waals surface area contributed by atoms with E-state index in [1.165, 1.54) is 22.9 Å². The average molecular weight is 469 g/mol. The molecule has 2 aromatic heterocycles. The number of benzene rings is 3. The van der Waals surface area contributed by atoms with Gasteiger partial charge in [0.15, 0.2) is 5.69 Å². The van der Waals surface area contributed by atoms with Gasteiger partial charge in [-0.2, -0.15) is 4.68 Å². The van der Waals surface area contributed by atoms with Crippen LogP contribution in [0.5, 0.6) is 0 Å². The van der Waals surface area contributed by atoms with Crippen molar-refractivity contribution in [1.82, 2.24) is 29.6 Å². The van der Waals surface area contributed by atoms with Gasteiger partial charge in [0.1, 0.15) is 0 Å². The molecule has 0 saturated carbocycles. The summed E-state index contributed by atoms with van der Waals surface area (Å²) in [5, 5.41) is 13.0. The molecule has 0 radical (unpaired) electrons. The lowest BCUT2D eigenvalue weighted by Gasteiger charge is -2.19. The number of hydrogen-bond donors (Lipinski definition) is 0. The molecule has 1 unspecified atom stereocenters. The van der Waals surface area contributed by atoms with E-state index in [1.54, 1.807) is 9.36 Å². The molecule has 0 saturated heterocycles. The quantitative estimate of drug-likeness (QED) is 0.339. The molecule has 7 nitrogen and oxygen atoms in total. The third kappa shape index (κ3) is 3.86. The molecule has 8 heteroatoms. The van der Waals surface area contributed by atoms with Gasteiger partial charge in [-0.25, -0.2) is 4.68 Å². The molecule has 0 spiro atoms. The zero-order valence-corrected chi connectivity index (χ0v) is 20.0. The fourth-order valence-electron chi connectivity index (χ4n) is 4.12. The first-order chi connectivity index (χ1) is 16.6. The highest BCUT2D eigenvalue weighted by molar-refractivity contribution is 7.99. The fourth-order valence-corrected chi connectivity index (χ4v) is 5.32. The highest BCUT2D eigenvalue weighted by atomic mass is 32.2. The van der Waals surface area contributed by atoms with E-state index in [0.29, 0.717) is 10.8 Å². The third-order valence-corrected chi connectivity index (χ3v) is 7.20. The van der Waals surface area contributed by atoms with Crippen LogP contribution in [0.2, 0.25) is 0 Å². The van der Waals surface area contributed by atoms with Crippen LogP contribution in [0.25, 0.3) is 11.4 Å². The Morgan fingerprint density at radius 3 is 2.21 bits per heavy atom. The Bertz CT molecular complexity index is 1490. The van der Waals surface area contributed by atoms with E-state index in [1.807, 2.05) is 79.3 Å². The maximum Gasteiger partial charge on any atom is 0.297 e. The number of aryl methyl sites for hydroxylation is 1. The van der Waals surface area contributed by atoms with Crippen molar-refractivity contribution in [2.45, 2.75) is 24.3 Å². The zero-order valence-electron chi connectivity index (χ0n) is 19.2. The van der Waals surface area contributed by atoms with Gasteiger partial charge in [0.2, 0.25) is 5.16 Å². The fraction of sp³-hybridized carbons (Fsp3) is 0.154. The van der Waals surface area contributed by atoms with Crippen LogP contribution in [0.4, 0.5) is 0 Å². The van der Waals surface area contributed by atoms with Gasteiger partial charge in [-0.15, -0.1) is 5.10 Å². The average Bonchev–Trinajstić information content (AvgIpc) is 3.40. The Balaban J connectivity index is 1.62. The minimum absolute atomic E-state index is 0.0347. The van der Waals surface area contributed by atoms with Crippen LogP contribution in [0.15, 0.2) is 94.9 Å². The third-order valence-electron chi connectivity index (χ3n) is 5.97. The van der Waals surface area contributed by atoms with Crippen molar-refractivity contribution in [2.75, 3.05) is 0 Å². The molecule has 0 aliphatic rings. The lowest BCUT2D eigenvalue weighted by Crippen LogP contribution is -2.22. The van der Waals surface area contributed by atoms with Crippen molar-refractivity contribution >= 4 is 11.8 Å². The second-order valence-electron chi connectivity index (χ2n) is 8.05. The molecule has 5 aromatic rings. The first-order valence-corrected chi connectivity index (χ1v) is 11.8. The van der Waals surface area contributed by atoms with Gasteiger partial charge in [0.25, 0.3) is 5.56 Å². The molecular formula is C26H24N6OS. The Labute approximate surface area is 201 Å². The summed E-state index contributed by atoms with van der Waals surface area (Å²) in [4.78, 5) is 13.6. The summed E-state index contributed by atoms with van der Waals surface area (Å²) >= 11 is 1.53. The van der Waals surface area contributed by atoms with Crippen LogP contribution >= 0.6 is 11.8 Å². The smallest absolute Gasteiger partial charge is 0.283 e. The maximum atomic E-state index is 13.6. The van der Waals surface area contributed by atoms with Crippen LogP contribution in [0, 0.1) is 13.8 Å². The molecule has 34 heavy (non-hydrogen) atoms. The largest absolute Gasteiger partial charge is 0.297 e. The summed E-state index contributed by atoms with van der Waals surface area (Å²) < 4.78 is 5.03. The molecule has 0 aliphatic heterocycles. The van der Waals surface area contributed by atoms with E-state index in [4.69, 9.17) is 0 Å². The van der Waals surface area contributed by atoms with Crippen LogP contribution in [-0.4, -0.2) is 29.6 Å². The number of hydrogen-bond acceptors (Lipinski definition) is 5.